The minimum absolute atomic E-state index is 0.101. The number of benzene rings is 2. The van der Waals surface area contributed by atoms with Crippen molar-refractivity contribution in [2.75, 3.05) is 17.2 Å². The van der Waals surface area contributed by atoms with Crippen LogP contribution in [0.2, 0.25) is 0 Å². The molecule has 3 fully saturated rings. The predicted octanol–water partition coefficient (Wildman–Crippen LogP) is 6.45. The maximum absolute atomic E-state index is 12.9. The Bertz CT molecular complexity index is 1280. The lowest BCUT2D eigenvalue weighted by Crippen LogP contribution is -2.41. The molecule has 6 rings (SSSR count). The predicted molar refractivity (Wildman–Crippen MR) is 143 cm³/mol. The van der Waals surface area contributed by atoms with Gasteiger partial charge in [-0.05, 0) is 82.6 Å². The highest BCUT2D eigenvalue weighted by molar-refractivity contribution is 6.10. The number of aromatic nitrogens is 1. The first-order valence-electron chi connectivity index (χ1n) is 13.4. The van der Waals surface area contributed by atoms with E-state index in [0.717, 1.165) is 77.8 Å². The lowest BCUT2D eigenvalue weighted by Gasteiger charge is -2.30. The zero-order valence-corrected chi connectivity index (χ0v) is 20.8. The standard InChI is InChI=1S/C29H34N4O3/c1-2-36-23-15-16-24-25(17-23)33(22-7-4-8-22)27(26(24)32-28(34)19-9-10-19)18-11-13-21(14-12-18)31-29(35)30-20-5-3-6-20/h11-17,19-20,22H,2-10H2,1H3,(H,32,34)(H2,30,31,35). The van der Waals surface area contributed by atoms with Crippen molar-refractivity contribution in [3.8, 4) is 17.0 Å². The van der Waals surface area contributed by atoms with E-state index in [9.17, 15) is 9.59 Å². The molecule has 3 saturated carbocycles. The van der Waals surface area contributed by atoms with E-state index in [2.05, 4.69) is 32.7 Å². The van der Waals surface area contributed by atoms with Gasteiger partial charge in [0.1, 0.15) is 5.75 Å². The van der Waals surface area contributed by atoms with Gasteiger partial charge in [0.25, 0.3) is 0 Å². The number of ether oxygens (including phenoxy) is 1. The van der Waals surface area contributed by atoms with Gasteiger partial charge in [-0.2, -0.15) is 0 Å². The first kappa shape index (κ1) is 23.0. The van der Waals surface area contributed by atoms with Crippen LogP contribution in [-0.4, -0.2) is 29.2 Å². The van der Waals surface area contributed by atoms with Gasteiger partial charge in [-0.25, -0.2) is 4.79 Å². The summed E-state index contributed by atoms with van der Waals surface area (Å²) in [6.45, 7) is 2.60. The van der Waals surface area contributed by atoms with Crippen LogP contribution in [0.3, 0.4) is 0 Å². The number of carbonyl (C=O) groups is 2. The van der Waals surface area contributed by atoms with Crippen LogP contribution in [0, 0.1) is 5.92 Å². The van der Waals surface area contributed by atoms with Gasteiger partial charge in [-0.1, -0.05) is 12.1 Å². The molecule has 0 aliphatic heterocycles. The monoisotopic (exact) mass is 486 g/mol. The number of amides is 3. The third-order valence-corrected chi connectivity index (χ3v) is 7.78. The van der Waals surface area contributed by atoms with E-state index in [1.807, 2.05) is 37.3 Å². The number of anilines is 2. The molecule has 0 atom stereocenters. The van der Waals surface area contributed by atoms with E-state index in [1.54, 1.807) is 0 Å². The topological polar surface area (TPSA) is 84.4 Å². The summed E-state index contributed by atoms with van der Waals surface area (Å²) in [7, 11) is 0. The number of carbonyl (C=O) groups excluding carboxylic acids is 2. The summed E-state index contributed by atoms with van der Waals surface area (Å²) in [5, 5.41) is 10.3. The minimum Gasteiger partial charge on any atom is -0.494 e. The van der Waals surface area contributed by atoms with Crippen molar-refractivity contribution in [3.05, 3.63) is 42.5 Å². The molecule has 0 bridgehead atoms. The highest BCUT2D eigenvalue weighted by Gasteiger charge is 2.33. The lowest BCUT2D eigenvalue weighted by molar-refractivity contribution is -0.117. The molecule has 3 amide bonds. The van der Waals surface area contributed by atoms with Gasteiger partial charge in [0.15, 0.2) is 0 Å². The average Bonchev–Trinajstić information content (AvgIpc) is 3.62. The van der Waals surface area contributed by atoms with Crippen molar-refractivity contribution < 1.29 is 14.3 Å². The van der Waals surface area contributed by atoms with Crippen molar-refractivity contribution in [3.63, 3.8) is 0 Å². The molecule has 188 valence electrons. The van der Waals surface area contributed by atoms with Gasteiger partial charge in [-0.15, -0.1) is 0 Å². The maximum Gasteiger partial charge on any atom is 0.319 e. The fourth-order valence-corrected chi connectivity index (χ4v) is 5.17. The lowest BCUT2D eigenvalue weighted by atomic mass is 9.92. The first-order valence-corrected chi connectivity index (χ1v) is 13.4. The Labute approximate surface area is 211 Å². The molecule has 0 spiro atoms. The largest absolute Gasteiger partial charge is 0.494 e. The summed E-state index contributed by atoms with van der Waals surface area (Å²) < 4.78 is 8.23. The van der Waals surface area contributed by atoms with Gasteiger partial charge in [-0.3, -0.25) is 4.79 Å². The highest BCUT2D eigenvalue weighted by atomic mass is 16.5. The average molecular weight is 487 g/mol. The zero-order valence-electron chi connectivity index (χ0n) is 20.8. The molecule has 0 unspecified atom stereocenters. The summed E-state index contributed by atoms with van der Waals surface area (Å²) in [6, 6.07) is 14.7. The Balaban J connectivity index is 1.39. The zero-order chi connectivity index (χ0) is 24.6. The van der Waals surface area contributed by atoms with Gasteiger partial charge in [0.2, 0.25) is 5.91 Å². The van der Waals surface area contributed by atoms with Gasteiger partial charge in [0, 0.05) is 40.7 Å². The fraction of sp³-hybridized carbons (Fsp3) is 0.448. The van der Waals surface area contributed by atoms with Crippen molar-refractivity contribution in [1.82, 2.24) is 9.88 Å². The third kappa shape index (κ3) is 4.43. The Morgan fingerprint density at radius 2 is 1.69 bits per heavy atom. The van der Waals surface area contributed by atoms with E-state index in [0.29, 0.717) is 18.7 Å². The number of nitrogens with zero attached hydrogens (tertiary/aromatic N) is 1. The van der Waals surface area contributed by atoms with Crippen LogP contribution in [0.1, 0.15) is 64.3 Å². The molecule has 3 N–H and O–H groups in total. The third-order valence-electron chi connectivity index (χ3n) is 7.78. The minimum atomic E-state index is -0.156. The Hall–Kier alpha value is -3.48. The van der Waals surface area contributed by atoms with Crippen molar-refractivity contribution in [2.24, 2.45) is 5.92 Å². The quantitative estimate of drug-likeness (QED) is 0.342. The highest BCUT2D eigenvalue weighted by Crippen LogP contribution is 2.46. The van der Waals surface area contributed by atoms with Crippen LogP contribution < -0.4 is 20.7 Å². The molecule has 7 nitrogen and oxygen atoms in total. The summed E-state index contributed by atoms with van der Waals surface area (Å²) in [4.78, 5) is 25.2. The fourth-order valence-electron chi connectivity index (χ4n) is 5.17. The van der Waals surface area contributed by atoms with Crippen LogP contribution in [0.4, 0.5) is 16.2 Å². The van der Waals surface area contributed by atoms with Crippen LogP contribution in [-0.2, 0) is 4.79 Å². The van der Waals surface area contributed by atoms with Crippen LogP contribution in [0.5, 0.6) is 5.75 Å². The van der Waals surface area contributed by atoms with E-state index < -0.39 is 0 Å². The van der Waals surface area contributed by atoms with Gasteiger partial charge in [0.05, 0.1) is 23.5 Å². The number of nitrogens with one attached hydrogen (secondary N) is 3. The van der Waals surface area contributed by atoms with E-state index in [-0.39, 0.29) is 17.9 Å². The summed E-state index contributed by atoms with van der Waals surface area (Å²) in [6.07, 6.45) is 8.65. The second-order valence-corrected chi connectivity index (χ2v) is 10.4. The van der Waals surface area contributed by atoms with E-state index in [1.165, 1.54) is 12.8 Å². The molecule has 7 heteroatoms. The molecule has 3 aromatic rings. The number of hydrogen-bond donors (Lipinski definition) is 3. The molecule has 2 aromatic carbocycles. The molecule has 0 saturated heterocycles. The summed E-state index contributed by atoms with van der Waals surface area (Å²) in [5.41, 5.74) is 4.77. The Morgan fingerprint density at radius 3 is 2.31 bits per heavy atom. The Kier molecular flexibility index (Phi) is 6.07. The maximum atomic E-state index is 12.9. The van der Waals surface area contributed by atoms with Crippen molar-refractivity contribution in [2.45, 2.75) is 70.4 Å². The second kappa shape index (κ2) is 9.52. The van der Waals surface area contributed by atoms with E-state index >= 15 is 0 Å². The van der Waals surface area contributed by atoms with Crippen molar-refractivity contribution >= 4 is 34.2 Å². The molecule has 1 aromatic heterocycles. The van der Waals surface area contributed by atoms with Crippen molar-refractivity contribution in [1.29, 1.82) is 0 Å². The second-order valence-electron chi connectivity index (χ2n) is 10.4. The van der Waals surface area contributed by atoms with Crippen LogP contribution >= 0.6 is 0 Å². The molecule has 36 heavy (non-hydrogen) atoms. The summed E-state index contributed by atoms with van der Waals surface area (Å²) in [5.74, 6) is 1.05. The number of rotatable bonds is 8. The van der Waals surface area contributed by atoms with Gasteiger partial charge >= 0.3 is 6.03 Å². The number of urea groups is 1. The Morgan fingerprint density at radius 1 is 0.944 bits per heavy atom. The normalized spacial score (nSPS) is 17.8. The molecule has 1 heterocycles. The number of fused-ring (bicyclic) bond motifs is 1. The molecule has 3 aliphatic rings. The van der Waals surface area contributed by atoms with E-state index in [4.69, 9.17) is 4.74 Å². The van der Waals surface area contributed by atoms with Gasteiger partial charge < -0.3 is 25.3 Å². The summed E-state index contributed by atoms with van der Waals surface area (Å²) >= 11 is 0. The molecular weight excluding hydrogens is 452 g/mol. The SMILES string of the molecule is CCOc1ccc2c(NC(=O)C3CC3)c(-c3ccc(NC(=O)NC4CCC4)cc3)n(C3CCC3)c2c1. The smallest absolute Gasteiger partial charge is 0.319 e. The first-order chi connectivity index (χ1) is 17.6. The molecule has 3 aliphatic carbocycles. The number of hydrogen-bond acceptors (Lipinski definition) is 3. The molecule has 0 radical (unpaired) electrons. The van der Waals surface area contributed by atoms with Crippen LogP contribution in [0.25, 0.3) is 22.2 Å². The van der Waals surface area contributed by atoms with Crippen LogP contribution in [0.15, 0.2) is 42.5 Å². The molecular formula is C29H34N4O3.